The maximum atomic E-state index is 14.1. The van der Waals surface area contributed by atoms with Crippen LogP contribution in [0.2, 0.25) is 0 Å². The van der Waals surface area contributed by atoms with E-state index in [9.17, 15) is 19.1 Å². The van der Waals surface area contributed by atoms with Crippen LogP contribution in [0.5, 0.6) is 17.2 Å². The molecule has 7 nitrogen and oxygen atoms in total. The summed E-state index contributed by atoms with van der Waals surface area (Å²) in [6, 6.07) is 16.7. The van der Waals surface area contributed by atoms with Crippen molar-refractivity contribution in [3.8, 4) is 17.2 Å². The van der Waals surface area contributed by atoms with E-state index in [2.05, 4.69) is 0 Å². The van der Waals surface area contributed by atoms with Crippen molar-refractivity contribution in [2.45, 2.75) is 19.5 Å². The van der Waals surface area contributed by atoms with Crippen molar-refractivity contribution in [1.29, 1.82) is 0 Å². The first-order chi connectivity index (χ1) is 17.4. The fraction of sp³-hybridized carbons (Fsp3) is 0.214. The molecule has 1 fully saturated rings. The molecular weight excluding hydrogens is 465 g/mol. The normalized spacial score (nSPS) is 16.8. The molecule has 0 aromatic heterocycles. The third-order valence-corrected chi connectivity index (χ3v) is 6.00. The number of rotatable bonds is 8. The first-order valence-electron chi connectivity index (χ1n) is 11.4. The van der Waals surface area contributed by atoms with Crippen molar-refractivity contribution >= 4 is 17.4 Å². The fourth-order valence-corrected chi connectivity index (χ4v) is 4.33. The number of hydrogen-bond acceptors (Lipinski definition) is 6. The van der Waals surface area contributed by atoms with E-state index in [1.54, 1.807) is 48.5 Å². The molecule has 1 N–H and O–H groups in total. The van der Waals surface area contributed by atoms with Crippen molar-refractivity contribution < 1.29 is 33.3 Å². The molecule has 1 atom stereocenters. The number of hydrogen-bond donors (Lipinski definition) is 1. The number of amides is 1. The molecule has 0 spiro atoms. The van der Waals surface area contributed by atoms with Crippen LogP contribution in [0.1, 0.15) is 29.7 Å². The number of para-hydroxylation sites is 1. The summed E-state index contributed by atoms with van der Waals surface area (Å²) in [5.41, 5.74) is 1.07. The lowest BCUT2D eigenvalue weighted by atomic mass is 9.94. The summed E-state index contributed by atoms with van der Waals surface area (Å²) in [5.74, 6) is -1.49. The second kappa shape index (κ2) is 10.5. The predicted molar refractivity (Wildman–Crippen MR) is 131 cm³/mol. The molecule has 0 aliphatic carbocycles. The number of ketones is 1. The average molecular weight is 492 g/mol. The highest BCUT2D eigenvalue weighted by molar-refractivity contribution is 6.46. The number of aliphatic hydroxyl groups excluding tert-OH is 1. The Balaban J connectivity index is 1.89. The first-order valence-corrected chi connectivity index (χ1v) is 11.4. The van der Waals surface area contributed by atoms with Crippen LogP contribution in [0.4, 0.5) is 4.39 Å². The largest absolute Gasteiger partial charge is 0.507 e. The quantitative estimate of drug-likeness (QED) is 0.275. The summed E-state index contributed by atoms with van der Waals surface area (Å²) in [6.07, 6.45) is 0. The smallest absolute Gasteiger partial charge is 0.295 e. The van der Waals surface area contributed by atoms with E-state index in [1.807, 2.05) is 6.92 Å². The molecule has 186 valence electrons. The Hall–Kier alpha value is -4.33. The molecule has 1 aliphatic heterocycles. The molecule has 36 heavy (non-hydrogen) atoms. The summed E-state index contributed by atoms with van der Waals surface area (Å²) in [5, 5.41) is 11.3. The molecule has 3 aromatic rings. The standard InChI is InChI=1S/C28H26FNO6/c1-4-36-20-12-9-17(10-13-20)25-24(26(31)21-15-19(29)11-14-23(21)35-3)27(32)28(33)30(25)16-18-7-5-6-8-22(18)34-2/h5-15,25,31H,4,16H2,1-3H3/b26-24+. The van der Waals surface area contributed by atoms with Gasteiger partial charge in [-0.25, -0.2) is 4.39 Å². The fourth-order valence-electron chi connectivity index (χ4n) is 4.33. The maximum absolute atomic E-state index is 14.1. The summed E-state index contributed by atoms with van der Waals surface area (Å²) < 4.78 is 30.3. The highest BCUT2D eigenvalue weighted by Crippen LogP contribution is 2.42. The monoisotopic (exact) mass is 491 g/mol. The van der Waals surface area contributed by atoms with Crippen LogP contribution >= 0.6 is 0 Å². The number of carbonyl (C=O) groups excluding carboxylic acids is 2. The van der Waals surface area contributed by atoms with E-state index < -0.39 is 29.3 Å². The van der Waals surface area contributed by atoms with E-state index in [4.69, 9.17) is 14.2 Å². The lowest BCUT2D eigenvalue weighted by Gasteiger charge is -2.26. The number of ether oxygens (including phenoxy) is 3. The van der Waals surface area contributed by atoms with E-state index in [-0.39, 0.29) is 23.4 Å². The number of likely N-dealkylation sites (tertiary alicyclic amines) is 1. The van der Waals surface area contributed by atoms with Crippen molar-refractivity contribution in [2.75, 3.05) is 20.8 Å². The van der Waals surface area contributed by atoms with E-state index in [0.717, 1.165) is 6.07 Å². The Labute approximate surface area is 208 Å². The van der Waals surface area contributed by atoms with Crippen LogP contribution in [0.15, 0.2) is 72.3 Å². The van der Waals surface area contributed by atoms with Gasteiger partial charge in [0, 0.05) is 5.56 Å². The van der Waals surface area contributed by atoms with Crippen LogP contribution in [0.25, 0.3) is 5.76 Å². The van der Waals surface area contributed by atoms with Gasteiger partial charge in [0.05, 0.1) is 44.5 Å². The lowest BCUT2D eigenvalue weighted by molar-refractivity contribution is -0.140. The van der Waals surface area contributed by atoms with Gasteiger partial charge in [-0.1, -0.05) is 30.3 Å². The van der Waals surface area contributed by atoms with Gasteiger partial charge in [-0.05, 0) is 48.9 Å². The topological polar surface area (TPSA) is 85.3 Å². The van der Waals surface area contributed by atoms with Crippen molar-refractivity contribution in [3.05, 3.63) is 94.8 Å². The Bertz CT molecular complexity index is 1320. The zero-order valence-electron chi connectivity index (χ0n) is 20.2. The average Bonchev–Trinajstić information content (AvgIpc) is 3.14. The van der Waals surface area contributed by atoms with Crippen molar-refractivity contribution in [2.24, 2.45) is 0 Å². The molecular formula is C28H26FNO6. The minimum Gasteiger partial charge on any atom is -0.507 e. The number of carbonyl (C=O) groups is 2. The third kappa shape index (κ3) is 4.62. The first kappa shape index (κ1) is 24.8. The van der Waals surface area contributed by atoms with Crippen LogP contribution < -0.4 is 14.2 Å². The van der Waals surface area contributed by atoms with Gasteiger partial charge in [-0.2, -0.15) is 0 Å². The highest BCUT2D eigenvalue weighted by Gasteiger charge is 2.46. The number of halogens is 1. The zero-order chi connectivity index (χ0) is 25.8. The molecule has 8 heteroatoms. The Morgan fingerprint density at radius 3 is 2.33 bits per heavy atom. The van der Waals surface area contributed by atoms with Gasteiger partial charge in [-0.3, -0.25) is 9.59 Å². The number of Topliss-reactive ketones (excluding diaryl/α,β-unsaturated/α-hetero) is 1. The number of benzene rings is 3. The molecule has 0 radical (unpaired) electrons. The van der Waals surface area contributed by atoms with Crippen LogP contribution in [0, 0.1) is 5.82 Å². The second-order valence-electron chi connectivity index (χ2n) is 8.09. The van der Waals surface area contributed by atoms with Gasteiger partial charge in [0.25, 0.3) is 11.7 Å². The molecule has 3 aromatic carbocycles. The van der Waals surface area contributed by atoms with E-state index in [0.29, 0.717) is 29.2 Å². The minimum absolute atomic E-state index is 0.0243. The molecule has 1 heterocycles. The van der Waals surface area contributed by atoms with Crippen LogP contribution in [0.3, 0.4) is 0 Å². The van der Waals surface area contributed by atoms with Gasteiger partial charge >= 0.3 is 0 Å². The zero-order valence-corrected chi connectivity index (χ0v) is 20.2. The summed E-state index contributed by atoms with van der Waals surface area (Å²) in [4.78, 5) is 28.0. The molecule has 1 saturated heterocycles. The molecule has 4 rings (SSSR count). The summed E-state index contributed by atoms with van der Waals surface area (Å²) >= 11 is 0. The number of nitrogens with zero attached hydrogens (tertiary/aromatic N) is 1. The molecule has 1 unspecified atom stereocenters. The Kier molecular flexibility index (Phi) is 7.24. The van der Waals surface area contributed by atoms with Crippen molar-refractivity contribution in [1.82, 2.24) is 4.90 Å². The van der Waals surface area contributed by atoms with Gasteiger partial charge < -0.3 is 24.2 Å². The van der Waals surface area contributed by atoms with Gasteiger partial charge in [0.1, 0.15) is 28.8 Å². The molecule has 0 bridgehead atoms. The SMILES string of the molecule is CCOc1ccc(C2/C(=C(\O)c3cc(F)ccc3OC)C(=O)C(=O)N2Cc2ccccc2OC)cc1. The lowest BCUT2D eigenvalue weighted by Crippen LogP contribution is -2.29. The Morgan fingerprint density at radius 2 is 1.67 bits per heavy atom. The summed E-state index contributed by atoms with van der Waals surface area (Å²) in [6.45, 7) is 2.39. The van der Waals surface area contributed by atoms with Crippen LogP contribution in [-0.2, 0) is 16.1 Å². The van der Waals surface area contributed by atoms with E-state index >= 15 is 0 Å². The van der Waals surface area contributed by atoms with Gasteiger partial charge in [0.15, 0.2) is 0 Å². The number of methoxy groups -OCH3 is 2. The molecule has 0 saturated carbocycles. The second-order valence-corrected chi connectivity index (χ2v) is 8.09. The third-order valence-electron chi connectivity index (χ3n) is 6.00. The minimum atomic E-state index is -0.946. The van der Waals surface area contributed by atoms with E-state index in [1.165, 1.54) is 31.3 Å². The number of aliphatic hydroxyl groups is 1. The predicted octanol–water partition coefficient (Wildman–Crippen LogP) is 4.86. The molecule has 1 aliphatic rings. The highest BCUT2D eigenvalue weighted by atomic mass is 19.1. The van der Waals surface area contributed by atoms with Gasteiger partial charge in [0.2, 0.25) is 0 Å². The van der Waals surface area contributed by atoms with Crippen LogP contribution in [-0.4, -0.2) is 42.5 Å². The van der Waals surface area contributed by atoms with Gasteiger partial charge in [-0.15, -0.1) is 0 Å². The van der Waals surface area contributed by atoms with Crippen molar-refractivity contribution in [3.63, 3.8) is 0 Å². The Morgan fingerprint density at radius 1 is 0.972 bits per heavy atom. The molecule has 1 amide bonds. The summed E-state index contributed by atoms with van der Waals surface area (Å²) in [7, 11) is 2.89. The maximum Gasteiger partial charge on any atom is 0.295 e.